The van der Waals surface area contributed by atoms with Crippen molar-refractivity contribution >= 4 is 11.8 Å². The Balaban J connectivity index is 2.08. The Morgan fingerprint density at radius 2 is 1.75 bits per heavy atom. The summed E-state index contributed by atoms with van der Waals surface area (Å²) in [5.74, 6) is 0.115. The van der Waals surface area contributed by atoms with Crippen molar-refractivity contribution in [3.05, 3.63) is 65.7 Å². The molecule has 2 aromatic carbocycles. The monoisotopic (exact) mass is 270 g/mol. The third-order valence-corrected chi connectivity index (χ3v) is 2.60. The van der Waals surface area contributed by atoms with E-state index in [1.54, 1.807) is 36.4 Å². The van der Waals surface area contributed by atoms with Gasteiger partial charge in [0.25, 0.3) is 0 Å². The van der Waals surface area contributed by atoms with Crippen molar-refractivity contribution in [1.29, 1.82) is 0 Å². The minimum Gasteiger partial charge on any atom is -0.497 e. The molecule has 20 heavy (non-hydrogen) atoms. The molecule has 2 rings (SSSR count). The van der Waals surface area contributed by atoms with Gasteiger partial charge in [0.05, 0.1) is 12.7 Å². The lowest BCUT2D eigenvalue weighted by Crippen LogP contribution is -2.15. The molecule has 0 atom stereocenters. The molecule has 0 spiro atoms. The average molecular weight is 270 g/mol. The fourth-order valence-electron chi connectivity index (χ4n) is 1.55. The second-order valence-corrected chi connectivity index (χ2v) is 3.95. The van der Waals surface area contributed by atoms with Crippen LogP contribution in [0.4, 0.5) is 0 Å². The van der Waals surface area contributed by atoms with Crippen molar-refractivity contribution in [3.8, 4) is 5.75 Å². The minimum atomic E-state index is -0.595. The molecule has 0 aliphatic rings. The zero-order chi connectivity index (χ0) is 14.4. The summed E-state index contributed by atoms with van der Waals surface area (Å²) in [6.07, 6.45) is 0. The summed E-state index contributed by atoms with van der Waals surface area (Å²) in [7, 11) is 1.52. The Labute approximate surface area is 116 Å². The molecule has 5 nitrogen and oxygen atoms in total. The molecular formula is C15H14N2O3. The number of carbonyl (C=O) groups is 1. The molecule has 0 aliphatic carbocycles. The normalized spacial score (nSPS) is 10.9. The largest absolute Gasteiger partial charge is 0.497 e. The van der Waals surface area contributed by atoms with E-state index in [9.17, 15) is 4.79 Å². The first-order valence-corrected chi connectivity index (χ1v) is 5.95. The van der Waals surface area contributed by atoms with E-state index in [4.69, 9.17) is 15.3 Å². The van der Waals surface area contributed by atoms with Crippen LogP contribution in [0.3, 0.4) is 0 Å². The maximum atomic E-state index is 11.8. The second kappa shape index (κ2) is 6.38. The summed E-state index contributed by atoms with van der Waals surface area (Å²) in [5, 5.41) is 3.63. The smallest absolute Gasteiger partial charge is 0.365 e. The van der Waals surface area contributed by atoms with E-state index in [0.29, 0.717) is 16.9 Å². The highest BCUT2D eigenvalue weighted by Crippen LogP contribution is 2.13. The first-order valence-electron chi connectivity index (χ1n) is 5.95. The lowest BCUT2D eigenvalue weighted by molar-refractivity contribution is 0.0515. The van der Waals surface area contributed by atoms with Gasteiger partial charge in [-0.3, -0.25) is 0 Å². The zero-order valence-electron chi connectivity index (χ0n) is 10.9. The van der Waals surface area contributed by atoms with E-state index >= 15 is 0 Å². The molecule has 5 heteroatoms. The quantitative estimate of drug-likeness (QED) is 0.400. The number of hydrogen-bond acceptors (Lipinski definition) is 4. The minimum absolute atomic E-state index is 0.141. The van der Waals surface area contributed by atoms with Crippen LogP contribution in [0.15, 0.2) is 59.8 Å². The summed E-state index contributed by atoms with van der Waals surface area (Å²) >= 11 is 0. The molecular weight excluding hydrogens is 256 g/mol. The molecule has 0 heterocycles. The molecule has 0 saturated carbocycles. The first kappa shape index (κ1) is 13.6. The predicted molar refractivity (Wildman–Crippen MR) is 75.6 cm³/mol. The van der Waals surface area contributed by atoms with Gasteiger partial charge in [-0.2, -0.15) is 0 Å². The van der Waals surface area contributed by atoms with Crippen molar-refractivity contribution in [2.24, 2.45) is 10.9 Å². The van der Waals surface area contributed by atoms with Crippen LogP contribution in [0.1, 0.15) is 15.9 Å². The van der Waals surface area contributed by atoms with Gasteiger partial charge >= 0.3 is 5.97 Å². The Hall–Kier alpha value is -2.82. The van der Waals surface area contributed by atoms with E-state index < -0.39 is 5.97 Å². The van der Waals surface area contributed by atoms with Gasteiger partial charge in [-0.1, -0.05) is 41.6 Å². The Bertz CT molecular complexity index is 624. The van der Waals surface area contributed by atoms with Crippen LogP contribution in [0.2, 0.25) is 0 Å². The van der Waals surface area contributed by atoms with E-state index in [-0.39, 0.29) is 5.84 Å². The number of hydrogen-bond donors (Lipinski definition) is 1. The van der Waals surface area contributed by atoms with E-state index in [0.717, 1.165) is 0 Å². The number of nitrogens with two attached hydrogens (primary N) is 1. The molecule has 0 aromatic heterocycles. The number of oxime groups is 1. The zero-order valence-corrected chi connectivity index (χ0v) is 10.9. The SMILES string of the molecule is COc1cccc(C(=O)O/N=C(\N)c2ccccc2)c1. The van der Waals surface area contributed by atoms with Crippen LogP contribution in [0.25, 0.3) is 0 Å². The molecule has 0 aliphatic heterocycles. The number of nitrogens with zero attached hydrogens (tertiary/aromatic N) is 1. The molecule has 0 radical (unpaired) electrons. The van der Waals surface area contributed by atoms with Crippen molar-refractivity contribution in [2.45, 2.75) is 0 Å². The standard InChI is InChI=1S/C15H14N2O3/c1-19-13-9-5-8-12(10-13)15(18)20-17-14(16)11-6-3-2-4-7-11/h2-10H,1H3,(H2,16,17). The third kappa shape index (κ3) is 3.35. The molecule has 2 N–H and O–H groups in total. The topological polar surface area (TPSA) is 73.9 Å². The van der Waals surface area contributed by atoms with Crippen LogP contribution < -0.4 is 10.5 Å². The molecule has 0 saturated heterocycles. The van der Waals surface area contributed by atoms with E-state index in [2.05, 4.69) is 5.16 Å². The van der Waals surface area contributed by atoms with Gasteiger partial charge in [-0.25, -0.2) is 4.79 Å². The average Bonchev–Trinajstić information content (AvgIpc) is 2.53. The molecule has 0 unspecified atom stereocenters. The van der Waals surface area contributed by atoms with Crippen molar-refractivity contribution in [1.82, 2.24) is 0 Å². The molecule has 0 amide bonds. The maximum absolute atomic E-state index is 11.8. The Morgan fingerprint density at radius 1 is 1.05 bits per heavy atom. The summed E-state index contributed by atoms with van der Waals surface area (Å²) in [4.78, 5) is 16.6. The first-order chi connectivity index (χ1) is 9.70. The highest BCUT2D eigenvalue weighted by Gasteiger charge is 2.08. The van der Waals surface area contributed by atoms with Crippen LogP contribution in [0, 0.1) is 0 Å². The van der Waals surface area contributed by atoms with Gasteiger partial charge in [0.1, 0.15) is 5.75 Å². The lowest BCUT2D eigenvalue weighted by atomic mass is 10.2. The summed E-state index contributed by atoms with van der Waals surface area (Å²) in [6, 6.07) is 15.7. The number of benzene rings is 2. The molecule has 102 valence electrons. The maximum Gasteiger partial charge on any atom is 0.365 e. The van der Waals surface area contributed by atoms with Gasteiger partial charge in [0, 0.05) is 5.56 Å². The summed E-state index contributed by atoms with van der Waals surface area (Å²) < 4.78 is 5.03. The lowest BCUT2D eigenvalue weighted by Gasteiger charge is -2.03. The van der Waals surface area contributed by atoms with Gasteiger partial charge in [0.2, 0.25) is 0 Å². The number of carbonyl (C=O) groups excluding carboxylic acids is 1. The molecule has 0 fully saturated rings. The van der Waals surface area contributed by atoms with Crippen LogP contribution in [-0.4, -0.2) is 18.9 Å². The van der Waals surface area contributed by atoms with Crippen LogP contribution in [0.5, 0.6) is 5.75 Å². The highest BCUT2D eigenvalue weighted by atomic mass is 16.7. The van der Waals surface area contributed by atoms with Gasteiger partial charge < -0.3 is 15.3 Å². The van der Waals surface area contributed by atoms with Crippen molar-refractivity contribution in [3.63, 3.8) is 0 Å². The summed E-state index contributed by atoms with van der Waals surface area (Å²) in [6.45, 7) is 0. The summed E-state index contributed by atoms with van der Waals surface area (Å²) in [5.41, 5.74) is 6.75. The fraction of sp³-hybridized carbons (Fsp3) is 0.0667. The van der Waals surface area contributed by atoms with Gasteiger partial charge in [-0.15, -0.1) is 0 Å². The van der Waals surface area contributed by atoms with Crippen LogP contribution in [-0.2, 0) is 4.84 Å². The van der Waals surface area contributed by atoms with Crippen LogP contribution >= 0.6 is 0 Å². The Morgan fingerprint density at radius 3 is 2.45 bits per heavy atom. The molecule has 0 bridgehead atoms. The third-order valence-electron chi connectivity index (χ3n) is 2.60. The number of amidine groups is 1. The van der Waals surface area contributed by atoms with Gasteiger partial charge in [-0.05, 0) is 18.2 Å². The van der Waals surface area contributed by atoms with Crippen molar-refractivity contribution < 1.29 is 14.4 Å². The number of rotatable bonds is 4. The number of ether oxygens (including phenoxy) is 1. The van der Waals surface area contributed by atoms with Gasteiger partial charge in [0.15, 0.2) is 5.84 Å². The predicted octanol–water partition coefficient (Wildman–Crippen LogP) is 2.17. The second-order valence-electron chi connectivity index (χ2n) is 3.95. The fourth-order valence-corrected chi connectivity index (χ4v) is 1.55. The number of methoxy groups -OCH3 is 1. The highest BCUT2D eigenvalue weighted by molar-refractivity contribution is 5.98. The molecule has 2 aromatic rings. The van der Waals surface area contributed by atoms with Crippen molar-refractivity contribution in [2.75, 3.05) is 7.11 Å². The van der Waals surface area contributed by atoms with E-state index in [1.807, 2.05) is 18.2 Å². The Kier molecular flexibility index (Phi) is 4.34. The van der Waals surface area contributed by atoms with E-state index in [1.165, 1.54) is 7.11 Å².